The average molecular weight is 300 g/mol. The Labute approximate surface area is 123 Å². The predicted molar refractivity (Wildman–Crippen MR) is 82.3 cm³/mol. The van der Waals surface area contributed by atoms with Crippen LogP contribution in [0, 0.1) is 0 Å². The van der Waals surface area contributed by atoms with Gasteiger partial charge in [0.05, 0.1) is 6.54 Å². The van der Waals surface area contributed by atoms with Gasteiger partial charge in [-0.15, -0.1) is 0 Å². The third-order valence-corrected chi connectivity index (χ3v) is 3.94. The minimum Gasteiger partial charge on any atom is -0.492 e. The Morgan fingerprint density at radius 2 is 2.21 bits per heavy atom. The second-order valence-corrected chi connectivity index (χ2v) is 5.81. The number of halogens is 1. The van der Waals surface area contributed by atoms with Crippen LogP contribution in [0.15, 0.2) is 29.3 Å². The molecule has 0 atom stereocenters. The summed E-state index contributed by atoms with van der Waals surface area (Å²) in [6, 6.07) is 7.34. The first-order chi connectivity index (χ1) is 9.25. The van der Waals surface area contributed by atoms with E-state index in [4.69, 9.17) is 22.1 Å². The summed E-state index contributed by atoms with van der Waals surface area (Å²) in [5.41, 5.74) is 5.94. The lowest BCUT2D eigenvalue weighted by Gasteiger charge is -2.27. The largest absolute Gasteiger partial charge is 0.492 e. The Balaban J connectivity index is 1.73. The summed E-state index contributed by atoms with van der Waals surface area (Å²) in [6.07, 6.45) is 0. The summed E-state index contributed by atoms with van der Waals surface area (Å²) in [5.74, 6) is 3.62. The van der Waals surface area contributed by atoms with Crippen LogP contribution in [0.3, 0.4) is 0 Å². The lowest BCUT2D eigenvalue weighted by Crippen LogP contribution is -2.42. The van der Waals surface area contributed by atoms with Crippen LogP contribution in [0.5, 0.6) is 5.75 Å². The van der Waals surface area contributed by atoms with E-state index >= 15 is 0 Å². The molecule has 1 aromatic rings. The fourth-order valence-corrected chi connectivity index (χ4v) is 2.86. The van der Waals surface area contributed by atoms with E-state index in [9.17, 15) is 0 Å². The van der Waals surface area contributed by atoms with E-state index in [1.165, 1.54) is 0 Å². The van der Waals surface area contributed by atoms with E-state index in [2.05, 4.69) is 9.89 Å². The Morgan fingerprint density at radius 1 is 1.42 bits per heavy atom. The predicted octanol–water partition coefficient (Wildman–Crippen LogP) is 2.08. The Kier molecular flexibility index (Phi) is 5.66. The summed E-state index contributed by atoms with van der Waals surface area (Å²) in [7, 11) is 0. The molecule has 1 fully saturated rings. The van der Waals surface area contributed by atoms with Crippen molar-refractivity contribution in [3.05, 3.63) is 29.3 Å². The average Bonchev–Trinajstić information content (AvgIpc) is 2.44. The van der Waals surface area contributed by atoms with Crippen LogP contribution in [0.2, 0.25) is 5.02 Å². The number of nitrogens with two attached hydrogens (primary N) is 1. The fourth-order valence-electron chi connectivity index (χ4n) is 1.77. The van der Waals surface area contributed by atoms with Gasteiger partial charge < -0.3 is 15.4 Å². The molecule has 6 heteroatoms. The van der Waals surface area contributed by atoms with E-state index in [-0.39, 0.29) is 0 Å². The number of thioether (sulfide) groups is 1. The Bertz CT molecular complexity index is 436. The summed E-state index contributed by atoms with van der Waals surface area (Å²) < 4.78 is 5.55. The highest BCUT2D eigenvalue weighted by molar-refractivity contribution is 7.99. The van der Waals surface area contributed by atoms with Gasteiger partial charge in [0, 0.05) is 29.6 Å². The maximum absolute atomic E-state index is 5.94. The van der Waals surface area contributed by atoms with Gasteiger partial charge in [0.15, 0.2) is 5.96 Å². The normalized spacial score (nSPS) is 16.5. The smallest absolute Gasteiger partial charge is 0.191 e. The SMILES string of the molecule is NC(=NCCOc1cccc(Cl)c1)N1CCSCC1. The number of rotatable bonds is 4. The highest BCUT2D eigenvalue weighted by Crippen LogP contribution is 2.16. The molecule has 19 heavy (non-hydrogen) atoms. The van der Waals surface area contributed by atoms with Crippen molar-refractivity contribution in [3.8, 4) is 5.75 Å². The van der Waals surface area contributed by atoms with Crippen molar-refractivity contribution in [2.45, 2.75) is 0 Å². The van der Waals surface area contributed by atoms with Gasteiger partial charge in [-0.1, -0.05) is 17.7 Å². The number of hydrogen-bond acceptors (Lipinski definition) is 3. The molecule has 0 saturated carbocycles. The summed E-state index contributed by atoms with van der Waals surface area (Å²) in [5, 5.41) is 0.673. The molecule has 1 heterocycles. The molecule has 2 N–H and O–H groups in total. The van der Waals surface area contributed by atoms with Crippen LogP contribution >= 0.6 is 23.4 Å². The van der Waals surface area contributed by atoms with Crippen molar-refractivity contribution in [3.63, 3.8) is 0 Å². The third kappa shape index (κ3) is 4.84. The topological polar surface area (TPSA) is 50.9 Å². The zero-order chi connectivity index (χ0) is 13.5. The molecule has 0 amide bonds. The standard InChI is InChI=1S/C13H18ClN3OS/c14-11-2-1-3-12(10-11)18-7-4-16-13(15)17-5-8-19-9-6-17/h1-3,10H,4-9H2,(H2,15,16). The first-order valence-corrected chi connectivity index (χ1v) is 7.80. The van der Waals surface area contributed by atoms with E-state index in [1.807, 2.05) is 30.0 Å². The van der Waals surface area contributed by atoms with Crippen LogP contribution in [0.4, 0.5) is 0 Å². The maximum atomic E-state index is 5.94. The minimum absolute atomic E-state index is 0.504. The molecule has 1 aliphatic heterocycles. The second kappa shape index (κ2) is 7.50. The number of ether oxygens (including phenoxy) is 1. The molecule has 0 aromatic heterocycles. The van der Waals surface area contributed by atoms with Crippen LogP contribution in [-0.4, -0.2) is 48.6 Å². The summed E-state index contributed by atoms with van der Waals surface area (Å²) in [4.78, 5) is 6.46. The van der Waals surface area contributed by atoms with Crippen molar-refractivity contribution in [1.82, 2.24) is 4.90 Å². The van der Waals surface area contributed by atoms with Gasteiger partial charge in [-0.3, -0.25) is 0 Å². The Morgan fingerprint density at radius 3 is 2.95 bits per heavy atom. The van der Waals surface area contributed by atoms with Crippen LogP contribution in [-0.2, 0) is 0 Å². The zero-order valence-electron chi connectivity index (χ0n) is 10.7. The molecule has 1 aliphatic rings. The molecule has 4 nitrogen and oxygen atoms in total. The quantitative estimate of drug-likeness (QED) is 0.525. The van der Waals surface area contributed by atoms with Crippen molar-refractivity contribution < 1.29 is 4.74 Å². The van der Waals surface area contributed by atoms with Crippen LogP contribution in [0.25, 0.3) is 0 Å². The van der Waals surface area contributed by atoms with E-state index in [1.54, 1.807) is 6.07 Å². The first-order valence-electron chi connectivity index (χ1n) is 6.27. The van der Waals surface area contributed by atoms with Crippen LogP contribution in [0.1, 0.15) is 0 Å². The highest BCUT2D eigenvalue weighted by Gasteiger charge is 2.11. The molecule has 0 radical (unpaired) electrons. The minimum atomic E-state index is 0.504. The number of hydrogen-bond donors (Lipinski definition) is 1. The summed E-state index contributed by atoms with van der Waals surface area (Å²) >= 11 is 7.83. The molecular formula is C13H18ClN3OS. The number of benzene rings is 1. The second-order valence-electron chi connectivity index (χ2n) is 4.15. The molecule has 0 aliphatic carbocycles. The molecule has 0 bridgehead atoms. The lowest BCUT2D eigenvalue weighted by atomic mass is 10.3. The number of guanidine groups is 1. The molecule has 0 spiro atoms. The molecule has 1 aromatic carbocycles. The fraction of sp³-hybridized carbons (Fsp3) is 0.462. The summed E-state index contributed by atoms with van der Waals surface area (Å²) in [6.45, 7) is 3.02. The molecule has 0 unspecified atom stereocenters. The number of aliphatic imine (C=N–C) groups is 1. The van der Waals surface area contributed by atoms with Crippen LogP contribution < -0.4 is 10.5 Å². The highest BCUT2D eigenvalue weighted by atomic mass is 35.5. The van der Waals surface area contributed by atoms with E-state index in [0.717, 1.165) is 30.3 Å². The molecule has 1 saturated heterocycles. The van der Waals surface area contributed by atoms with Gasteiger partial charge in [-0.05, 0) is 18.2 Å². The van der Waals surface area contributed by atoms with Gasteiger partial charge in [-0.2, -0.15) is 11.8 Å². The van der Waals surface area contributed by atoms with Gasteiger partial charge in [0.25, 0.3) is 0 Å². The van der Waals surface area contributed by atoms with E-state index in [0.29, 0.717) is 24.1 Å². The van der Waals surface area contributed by atoms with Crippen molar-refractivity contribution in [2.75, 3.05) is 37.7 Å². The van der Waals surface area contributed by atoms with Gasteiger partial charge in [0.1, 0.15) is 12.4 Å². The van der Waals surface area contributed by atoms with Crippen molar-refractivity contribution >= 4 is 29.3 Å². The Hall–Kier alpha value is -1.07. The first kappa shape index (κ1) is 14.3. The molecule has 104 valence electrons. The zero-order valence-corrected chi connectivity index (χ0v) is 12.3. The van der Waals surface area contributed by atoms with Gasteiger partial charge in [-0.25, -0.2) is 4.99 Å². The monoisotopic (exact) mass is 299 g/mol. The lowest BCUT2D eigenvalue weighted by molar-refractivity contribution is 0.327. The van der Waals surface area contributed by atoms with E-state index < -0.39 is 0 Å². The maximum Gasteiger partial charge on any atom is 0.191 e. The van der Waals surface area contributed by atoms with Gasteiger partial charge >= 0.3 is 0 Å². The number of nitrogens with zero attached hydrogens (tertiary/aromatic N) is 2. The third-order valence-electron chi connectivity index (χ3n) is 2.76. The van der Waals surface area contributed by atoms with Crippen molar-refractivity contribution in [2.24, 2.45) is 10.7 Å². The van der Waals surface area contributed by atoms with Gasteiger partial charge in [0.2, 0.25) is 0 Å². The molecular weight excluding hydrogens is 282 g/mol. The molecule has 2 rings (SSSR count). The van der Waals surface area contributed by atoms with Crippen molar-refractivity contribution in [1.29, 1.82) is 0 Å².